The molecule has 0 spiro atoms. The molecule has 88 valence electrons. The highest BCUT2D eigenvalue weighted by Gasteiger charge is 2.11. The molecule has 0 aliphatic carbocycles. The van der Waals surface area contributed by atoms with Crippen LogP contribution in [0.15, 0.2) is 60.1 Å². The Morgan fingerprint density at radius 3 is 2.39 bits per heavy atom. The summed E-state index contributed by atoms with van der Waals surface area (Å²) in [5.74, 6) is 0. The normalized spacial score (nSPS) is 13.7. The maximum Gasteiger partial charge on any atom is 0.0872 e. The number of rotatable bonds is 0. The Labute approximate surface area is 107 Å². The van der Waals surface area contributed by atoms with Crippen molar-refractivity contribution in [3.63, 3.8) is 0 Å². The number of aliphatic imine (C=N–C) groups is 1. The first-order chi connectivity index (χ1) is 8.86. The molecular weight excluding hydrogens is 220 g/mol. The van der Waals surface area contributed by atoms with Crippen LogP contribution in [0, 0.1) is 0 Å². The van der Waals surface area contributed by atoms with Gasteiger partial charge in [0.05, 0.1) is 12.9 Å². The highest BCUT2D eigenvalue weighted by molar-refractivity contribution is 5.85. The summed E-state index contributed by atoms with van der Waals surface area (Å²) in [6, 6.07) is 16.7. The van der Waals surface area contributed by atoms with Crippen LogP contribution in [-0.4, -0.2) is 6.34 Å². The van der Waals surface area contributed by atoms with E-state index in [-0.39, 0.29) is 0 Å². The molecule has 1 aliphatic rings. The van der Waals surface area contributed by atoms with Crippen LogP contribution in [0.3, 0.4) is 0 Å². The zero-order valence-corrected chi connectivity index (χ0v) is 10.1. The molecule has 2 aromatic rings. The molecule has 0 unspecified atom stereocenters. The van der Waals surface area contributed by atoms with Crippen molar-refractivity contribution in [3.05, 3.63) is 66.2 Å². The molecule has 2 aromatic carbocycles. The minimum atomic E-state index is 0.685. The number of nitrogens with one attached hydrogen (secondary N) is 1. The van der Waals surface area contributed by atoms with Crippen molar-refractivity contribution in [3.8, 4) is 11.1 Å². The lowest BCUT2D eigenvalue weighted by Crippen LogP contribution is -2.08. The molecule has 3 rings (SSSR count). The Balaban J connectivity index is 2.29. The summed E-state index contributed by atoms with van der Waals surface area (Å²) in [6.45, 7) is 4.75. The number of nitrogens with zero attached hydrogens (tertiary/aromatic N) is 1. The minimum Gasteiger partial charge on any atom is -0.347 e. The molecule has 1 N–H and O–H groups in total. The van der Waals surface area contributed by atoms with Crippen LogP contribution in [0.4, 0.5) is 0 Å². The Kier molecular flexibility index (Phi) is 2.69. The third kappa shape index (κ3) is 1.82. The quantitative estimate of drug-likeness (QED) is 0.741. The van der Waals surface area contributed by atoms with Gasteiger partial charge in [0.15, 0.2) is 0 Å². The highest BCUT2D eigenvalue weighted by Crippen LogP contribution is 2.30. The van der Waals surface area contributed by atoms with Gasteiger partial charge in [0.1, 0.15) is 0 Å². The molecule has 0 fully saturated rings. The van der Waals surface area contributed by atoms with Gasteiger partial charge in [-0.2, -0.15) is 0 Å². The van der Waals surface area contributed by atoms with Crippen molar-refractivity contribution in [1.29, 1.82) is 0 Å². The average Bonchev–Trinajstić information content (AvgIpc) is 2.49. The van der Waals surface area contributed by atoms with E-state index in [1.807, 2.05) is 6.07 Å². The van der Waals surface area contributed by atoms with Gasteiger partial charge < -0.3 is 5.32 Å². The summed E-state index contributed by atoms with van der Waals surface area (Å²) in [6.07, 6.45) is 1.72. The highest BCUT2D eigenvalue weighted by atomic mass is 14.9. The van der Waals surface area contributed by atoms with Crippen LogP contribution in [0.25, 0.3) is 16.8 Å². The van der Waals surface area contributed by atoms with Crippen molar-refractivity contribution in [2.24, 2.45) is 4.99 Å². The fourth-order valence-electron chi connectivity index (χ4n) is 2.25. The fourth-order valence-corrected chi connectivity index (χ4v) is 2.25. The van der Waals surface area contributed by atoms with Gasteiger partial charge in [0.2, 0.25) is 0 Å². The predicted molar refractivity (Wildman–Crippen MR) is 76.2 cm³/mol. The van der Waals surface area contributed by atoms with Gasteiger partial charge in [-0.05, 0) is 16.7 Å². The molecule has 18 heavy (non-hydrogen) atoms. The second-order valence-corrected chi connectivity index (χ2v) is 4.30. The SMILES string of the molecule is C=C1NC=NCc2ccccc2-c2ccccc21. The molecule has 0 saturated heterocycles. The first-order valence-electron chi connectivity index (χ1n) is 5.97. The maximum atomic E-state index is 4.37. The first kappa shape index (κ1) is 10.8. The number of hydrogen-bond donors (Lipinski definition) is 1. The van der Waals surface area contributed by atoms with Crippen molar-refractivity contribution in [2.75, 3.05) is 0 Å². The lowest BCUT2D eigenvalue weighted by atomic mass is 9.94. The van der Waals surface area contributed by atoms with E-state index in [2.05, 4.69) is 59.4 Å². The minimum absolute atomic E-state index is 0.685. The molecule has 0 aromatic heterocycles. The lowest BCUT2D eigenvalue weighted by molar-refractivity contribution is 1.07. The van der Waals surface area contributed by atoms with E-state index in [1.54, 1.807) is 6.34 Å². The molecule has 1 heterocycles. The molecule has 0 amide bonds. The van der Waals surface area contributed by atoms with E-state index in [0.717, 1.165) is 11.3 Å². The smallest absolute Gasteiger partial charge is 0.0872 e. The Morgan fingerprint density at radius 2 is 1.56 bits per heavy atom. The summed E-state index contributed by atoms with van der Waals surface area (Å²) in [5, 5.41) is 3.13. The zero-order valence-electron chi connectivity index (χ0n) is 10.1. The van der Waals surface area contributed by atoms with Gasteiger partial charge in [-0.1, -0.05) is 55.1 Å². The van der Waals surface area contributed by atoms with Crippen LogP contribution < -0.4 is 5.32 Å². The van der Waals surface area contributed by atoms with Gasteiger partial charge in [-0.25, -0.2) is 0 Å². The molecule has 0 atom stereocenters. The second-order valence-electron chi connectivity index (χ2n) is 4.30. The van der Waals surface area contributed by atoms with Crippen molar-refractivity contribution < 1.29 is 0 Å². The third-order valence-corrected chi connectivity index (χ3v) is 3.15. The van der Waals surface area contributed by atoms with Crippen molar-refractivity contribution in [1.82, 2.24) is 5.32 Å². The number of fused-ring (bicyclic) bond motifs is 3. The molecule has 2 nitrogen and oxygen atoms in total. The molecular formula is C16H14N2. The summed E-state index contributed by atoms with van der Waals surface area (Å²) < 4.78 is 0. The van der Waals surface area contributed by atoms with E-state index in [0.29, 0.717) is 6.54 Å². The Morgan fingerprint density at radius 1 is 0.889 bits per heavy atom. The maximum absolute atomic E-state index is 4.37. The number of benzene rings is 2. The fraction of sp³-hybridized carbons (Fsp3) is 0.0625. The van der Waals surface area contributed by atoms with Crippen LogP contribution in [0.2, 0.25) is 0 Å². The summed E-state index contributed by atoms with van der Waals surface area (Å²) in [5.41, 5.74) is 5.67. The van der Waals surface area contributed by atoms with Gasteiger partial charge in [-0.3, -0.25) is 4.99 Å². The molecule has 2 heteroatoms. The number of hydrogen-bond acceptors (Lipinski definition) is 2. The van der Waals surface area contributed by atoms with Gasteiger partial charge in [-0.15, -0.1) is 0 Å². The van der Waals surface area contributed by atoms with Crippen LogP contribution in [0.5, 0.6) is 0 Å². The van der Waals surface area contributed by atoms with E-state index >= 15 is 0 Å². The van der Waals surface area contributed by atoms with Gasteiger partial charge in [0, 0.05) is 11.3 Å². The lowest BCUT2D eigenvalue weighted by Gasteiger charge is -2.12. The summed E-state index contributed by atoms with van der Waals surface area (Å²) in [4.78, 5) is 4.37. The molecule has 0 saturated carbocycles. The Hall–Kier alpha value is -2.35. The average molecular weight is 234 g/mol. The van der Waals surface area contributed by atoms with Crippen molar-refractivity contribution in [2.45, 2.75) is 6.54 Å². The summed E-state index contributed by atoms with van der Waals surface area (Å²) >= 11 is 0. The third-order valence-electron chi connectivity index (χ3n) is 3.15. The van der Waals surface area contributed by atoms with Crippen LogP contribution in [-0.2, 0) is 6.54 Å². The topological polar surface area (TPSA) is 24.4 Å². The molecule has 0 bridgehead atoms. The van der Waals surface area contributed by atoms with E-state index < -0.39 is 0 Å². The van der Waals surface area contributed by atoms with E-state index in [9.17, 15) is 0 Å². The second kappa shape index (κ2) is 4.49. The van der Waals surface area contributed by atoms with E-state index in [4.69, 9.17) is 0 Å². The van der Waals surface area contributed by atoms with Crippen LogP contribution in [0.1, 0.15) is 11.1 Å². The zero-order chi connectivity index (χ0) is 12.4. The van der Waals surface area contributed by atoms with Crippen LogP contribution >= 0.6 is 0 Å². The Bertz CT molecular complexity index is 626. The van der Waals surface area contributed by atoms with Gasteiger partial charge in [0.25, 0.3) is 0 Å². The van der Waals surface area contributed by atoms with E-state index in [1.165, 1.54) is 16.7 Å². The first-order valence-corrected chi connectivity index (χ1v) is 5.97. The van der Waals surface area contributed by atoms with Gasteiger partial charge >= 0.3 is 0 Å². The largest absolute Gasteiger partial charge is 0.347 e. The molecule has 1 aliphatic heterocycles. The van der Waals surface area contributed by atoms with Crippen molar-refractivity contribution >= 4 is 12.0 Å². The summed E-state index contributed by atoms with van der Waals surface area (Å²) in [7, 11) is 0. The molecule has 0 radical (unpaired) electrons. The monoisotopic (exact) mass is 234 g/mol. The standard InChI is InChI=1S/C16H14N2/c1-12-14-7-4-5-9-16(14)15-8-3-2-6-13(15)10-17-11-18-12/h2-9,11H,1,10H2,(H,17,18). The predicted octanol–water partition coefficient (Wildman–Crippen LogP) is 3.46.